The van der Waals surface area contributed by atoms with Gasteiger partial charge in [-0.15, -0.1) is 0 Å². The van der Waals surface area contributed by atoms with Gasteiger partial charge in [0.25, 0.3) is 0 Å². The number of rotatable bonds is 5. The van der Waals surface area contributed by atoms with Crippen molar-refractivity contribution in [3.05, 3.63) is 40.7 Å². The van der Waals surface area contributed by atoms with Gasteiger partial charge in [-0.05, 0) is 44.9 Å². The van der Waals surface area contributed by atoms with E-state index in [0.717, 1.165) is 5.70 Å². The van der Waals surface area contributed by atoms with Crippen molar-refractivity contribution in [2.75, 3.05) is 14.2 Å². The maximum atomic E-state index is 13.0. The Morgan fingerprint density at radius 3 is 2.34 bits per heavy atom. The van der Waals surface area contributed by atoms with Crippen LogP contribution in [0.15, 0.2) is 35.2 Å². The summed E-state index contributed by atoms with van der Waals surface area (Å²) < 4.78 is 16.1. The Labute approximate surface area is 170 Å². The number of hydrogen-bond donors (Lipinski definition) is 2. The monoisotopic (exact) mass is 401 g/mol. The minimum absolute atomic E-state index is 0.0494. The Balaban J connectivity index is 2.23. The first-order valence-electron chi connectivity index (χ1n) is 9.64. The molecule has 2 N–H and O–H groups in total. The molecule has 2 unspecified atom stereocenters. The number of esters is 1. The van der Waals surface area contributed by atoms with Crippen molar-refractivity contribution in [3.63, 3.8) is 0 Å². The Morgan fingerprint density at radius 2 is 1.79 bits per heavy atom. The highest BCUT2D eigenvalue weighted by Gasteiger charge is 2.44. The first kappa shape index (κ1) is 20.8. The van der Waals surface area contributed by atoms with Gasteiger partial charge in [-0.2, -0.15) is 0 Å². The van der Waals surface area contributed by atoms with E-state index < -0.39 is 17.8 Å². The van der Waals surface area contributed by atoms with E-state index >= 15 is 0 Å². The summed E-state index contributed by atoms with van der Waals surface area (Å²) >= 11 is 0. The molecule has 3 rings (SSSR count). The maximum Gasteiger partial charge on any atom is 0.336 e. The summed E-state index contributed by atoms with van der Waals surface area (Å²) in [6, 6.07) is 3.28. The number of phenols is 1. The molecule has 0 saturated carbocycles. The quantitative estimate of drug-likeness (QED) is 0.732. The van der Waals surface area contributed by atoms with Crippen LogP contribution in [0.2, 0.25) is 0 Å². The zero-order valence-corrected chi connectivity index (χ0v) is 17.4. The van der Waals surface area contributed by atoms with Crippen LogP contribution in [-0.2, 0) is 14.3 Å². The van der Waals surface area contributed by atoms with Gasteiger partial charge >= 0.3 is 5.97 Å². The molecule has 2 atom stereocenters. The number of fused-ring (bicyclic) bond motifs is 1. The number of aromatic hydroxyl groups is 1. The maximum absolute atomic E-state index is 13.0. The van der Waals surface area contributed by atoms with Gasteiger partial charge in [0.05, 0.1) is 31.8 Å². The second-order valence-electron chi connectivity index (χ2n) is 7.51. The van der Waals surface area contributed by atoms with Crippen LogP contribution in [0, 0.1) is 5.92 Å². The van der Waals surface area contributed by atoms with Crippen LogP contribution in [0.1, 0.15) is 45.1 Å². The molecule has 1 aliphatic carbocycles. The molecule has 1 aromatic carbocycles. The van der Waals surface area contributed by atoms with Crippen molar-refractivity contribution in [2.24, 2.45) is 5.92 Å². The van der Waals surface area contributed by atoms with Crippen LogP contribution < -0.4 is 14.8 Å². The summed E-state index contributed by atoms with van der Waals surface area (Å²) in [5.74, 6) is -1.26. The predicted molar refractivity (Wildman–Crippen MR) is 107 cm³/mol. The number of methoxy groups -OCH3 is 2. The van der Waals surface area contributed by atoms with Gasteiger partial charge in [-0.25, -0.2) is 4.79 Å². The highest BCUT2D eigenvalue weighted by molar-refractivity contribution is 5.96. The molecule has 0 aromatic heterocycles. The van der Waals surface area contributed by atoms with Gasteiger partial charge in [0, 0.05) is 23.7 Å². The van der Waals surface area contributed by atoms with E-state index in [1.54, 1.807) is 32.9 Å². The molecule has 0 amide bonds. The van der Waals surface area contributed by atoms with Gasteiger partial charge in [-0.3, -0.25) is 4.79 Å². The van der Waals surface area contributed by atoms with Gasteiger partial charge in [0.1, 0.15) is 5.78 Å². The number of carbonyl (C=O) groups is 2. The molecule has 0 fully saturated rings. The lowest BCUT2D eigenvalue weighted by Gasteiger charge is -2.38. The van der Waals surface area contributed by atoms with E-state index in [9.17, 15) is 14.7 Å². The van der Waals surface area contributed by atoms with Crippen LogP contribution >= 0.6 is 0 Å². The van der Waals surface area contributed by atoms with Crippen molar-refractivity contribution in [1.82, 2.24) is 5.32 Å². The molecule has 2 aliphatic rings. The van der Waals surface area contributed by atoms with E-state index in [4.69, 9.17) is 14.2 Å². The largest absolute Gasteiger partial charge is 0.502 e. The minimum Gasteiger partial charge on any atom is -0.502 e. The molecule has 1 aliphatic heterocycles. The number of ether oxygens (including phenoxy) is 3. The lowest BCUT2D eigenvalue weighted by molar-refractivity contribution is -0.143. The summed E-state index contributed by atoms with van der Waals surface area (Å²) in [6.07, 6.45) is 2.77. The normalized spacial score (nSPS) is 21.3. The van der Waals surface area contributed by atoms with Crippen LogP contribution in [0.25, 0.3) is 0 Å². The number of nitrogens with one attached hydrogen (secondary N) is 1. The van der Waals surface area contributed by atoms with Crippen LogP contribution in [0.5, 0.6) is 17.2 Å². The Bertz CT molecular complexity index is 874. The van der Waals surface area contributed by atoms with Crippen molar-refractivity contribution in [1.29, 1.82) is 0 Å². The SMILES string of the molecule is COc1cc(C2C(C(=O)OC(C)C)=C(C)NC3=CCCC(=O)C32)cc(OC)c1O. The summed E-state index contributed by atoms with van der Waals surface area (Å²) in [4.78, 5) is 25.9. The van der Waals surface area contributed by atoms with E-state index in [-0.39, 0.29) is 29.1 Å². The summed E-state index contributed by atoms with van der Waals surface area (Å²) in [5.41, 5.74) is 2.46. The third kappa shape index (κ3) is 3.81. The molecule has 0 saturated heterocycles. The number of ketones is 1. The Kier molecular flexibility index (Phi) is 5.86. The summed E-state index contributed by atoms with van der Waals surface area (Å²) in [6.45, 7) is 5.36. The van der Waals surface area contributed by atoms with E-state index in [1.807, 2.05) is 6.08 Å². The number of hydrogen-bond acceptors (Lipinski definition) is 7. The number of allylic oxidation sites excluding steroid dienone is 3. The zero-order chi connectivity index (χ0) is 21.3. The van der Waals surface area contributed by atoms with Gasteiger partial charge in [-0.1, -0.05) is 6.08 Å². The number of benzene rings is 1. The number of Topliss-reactive ketones (excluding diaryl/α,β-unsaturated/α-hetero) is 1. The molecular formula is C22H27NO6. The fourth-order valence-corrected chi connectivity index (χ4v) is 4.01. The molecule has 0 spiro atoms. The molecule has 1 heterocycles. The highest BCUT2D eigenvalue weighted by atomic mass is 16.5. The first-order valence-corrected chi connectivity index (χ1v) is 9.64. The summed E-state index contributed by atoms with van der Waals surface area (Å²) in [7, 11) is 2.87. The molecule has 0 radical (unpaired) electrons. The van der Waals surface area contributed by atoms with Crippen molar-refractivity contribution in [3.8, 4) is 17.2 Å². The zero-order valence-electron chi connectivity index (χ0n) is 17.4. The van der Waals surface area contributed by atoms with Crippen LogP contribution in [-0.4, -0.2) is 37.2 Å². The number of carbonyl (C=O) groups excluding carboxylic acids is 2. The van der Waals surface area contributed by atoms with Crippen molar-refractivity contribution >= 4 is 11.8 Å². The van der Waals surface area contributed by atoms with Crippen molar-refractivity contribution in [2.45, 2.75) is 45.6 Å². The first-order chi connectivity index (χ1) is 13.8. The fraction of sp³-hybridized carbons (Fsp3) is 0.455. The lowest BCUT2D eigenvalue weighted by Crippen LogP contribution is -2.41. The second-order valence-corrected chi connectivity index (χ2v) is 7.51. The average molecular weight is 401 g/mol. The van der Waals surface area contributed by atoms with Crippen molar-refractivity contribution < 1.29 is 28.9 Å². The van der Waals surface area contributed by atoms with E-state index in [2.05, 4.69) is 5.32 Å². The Hall–Kier alpha value is -2.96. The Morgan fingerprint density at radius 1 is 1.17 bits per heavy atom. The van der Waals surface area contributed by atoms with Gasteiger partial charge < -0.3 is 24.6 Å². The lowest BCUT2D eigenvalue weighted by atomic mass is 9.71. The molecule has 7 nitrogen and oxygen atoms in total. The third-order valence-corrected chi connectivity index (χ3v) is 5.24. The third-order valence-electron chi connectivity index (χ3n) is 5.24. The molecule has 7 heteroatoms. The molecule has 0 bridgehead atoms. The fourth-order valence-electron chi connectivity index (χ4n) is 4.01. The summed E-state index contributed by atoms with van der Waals surface area (Å²) in [5, 5.41) is 13.5. The average Bonchev–Trinajstić information content (AvgIpc) is 2.66. The molecular weight excluding hydrogens is 374 g/mol. The molecule has 156 valence electrons. The molecule has 29 heavy (non-hydrogen) atoms. The predicted octanol–water partition coefficient (Wildman–Crippen LogP) is 3.18. The molecule has 1 aromatic rings. The van der Waals surface area contributed by atoms with Crippen LogP contribution in [0.3, 0.4) is 0 Å². The van der Waals surface area contributed by atoms with E-state index in [0.29, 0.717) is 29.7 Å². The topological polar surface area (TPSA) is 94.1 Å². The highest BCUT2D eigenvalue weighted by Crippen LogP contribution is 2.47. The second kappa shape index (κ2) is 8.19. The van der Waals surface area contributed by atoms with E-state index in [1.165, 1.54) is 14.2 Å². The van der Waals surface area contributed by atoms with Gasteiger partial charge in [0.15, 0.2) is 11.5 Å². The smallest absolute Gasteiger partial charge is 0.336 e. The standard InChI is InChI=1S/C22H27NO6/c1-11(2)29-22(26)18-12(3)23-14-7-6-8-15(24)20(14)19(18)13-9-16(27-4)21(25)17(10-13)28-5/h7,9-11,19-20,23,25H,6,8H2,1-5H3. The van der Waals surface area contributed by atoms with Crippen LogP contribution in [0.4, 0.5) is 0 Å². The van der Waals surface area contributed by atoms with Gasteiger partial charge in [0.2, 0.25) is 5.75 Å². The minimum atomic E-state index is -0.579. The number of phenolic OH excluding ortho intramolecular Hbond substituents is 1.